The maximum Gasteiger partial charge on any atom is -0.0149 e. The smallest absolute Gasteiger partial charge is 0.0149 e. The van der Waals surface area contributed by atoms with E-state index in [1.165, 1.54) is 60.4 Å². The SMILES string of the molecule is CCCCCCCc1ccc(C)c2ccccc12. The molecule has 0 unspecified atom stereocenters. The zero-order chi connectivity index (χ0) is 12.8. The molecule has 0 bridgehead atoms. The molecule has 2 rings (SSSR count). The summed E-state index contributed by atoms with van der Waals surface area (Å²) < 4.78 is 0. The summed E-state index contributed by atoms with van der Waals surface area (Å²) in [5.41, 5.74) is 2.91. The van der Waals surface area contributed by atoms with Crippen LogP contribution >= 0.6 is 0 Å². The topological polar surface area (TPSA) is 0 Å². The van der Waals surface area contributed by atoms with Crippen LogP contribution in [0.4, 0.5) is 0 Å². The maximum absolute atomic E-state index is 2.32. The van der Waals surface area contributed by atoms with Gasteiger partial charge in [0.25, 0.3) is 0 Å². The molecule has 2 aromatic rings. The van der Waals surface area contributed by atoms with Crippen molar-refractivity contribution in [2.45, 2.75) is 52.4 Å². The van der Waals surface area contributed by atoms with Crippen LogP contribution in [0, 0.1) is 6.92 Å². The Hall–Kier alpha value is -1.30. The highest BCUT2D eigenvalue weighted by atomic mass is 14.1. The first-order valence-corrected chi connectivity index (χ1v) is 7.30. The minimum Gasteiger partial charge on any atom is -0.0654 e. The molecule has 0 spiro atoms. The Labute approximate surface area is 111 Å². The molecular weight excluding hydrogens is 216 g/mol. The molecule has 96 valence electrons. The summed E-state index contributed by atoms with van der Waals surface area (Å²) in [6, 6.07) is 13.4. The molecule has 0 aliphatic carbocycles. The van der Waals surface area contributed by atoms with Gasteiger partial charge in [0, 0.05) is 0 Å². The number of benzene rings is 2. The predicted molar refractivity (Wildman–Crippen MR) is 81.1 cm³/mol. The van der Waals surface area contributed by atoms with Crippen molar-refractivity contribution in [2.75, 3.05) is 0 Å². The first-order chi connectivity index (χ1) is 8.83. The van der Waals surface area contributed by atoms with Crippen molar-refractivity contribution in [1.82, 2.24) is 0 Å². The van der Waals surface area contributed by atoms with Crippen LogP contribution in [-0.2, 0) is 6.42 Å². The third-order valence-corrected chi connectivity index (χ3v) is 3.78. The summed E-state index contributed by atoms with van der Waals surface area (Å²) in [5.74, 6) is 0. The highest BCUT2D eigenvalue weighted by molar-refractivity contribution is 5.88. The Kier molecular flexibility index (Phi) is 4.81. The lowest BCUT2D eigenvalue weighted by Crippen LogP contribution is -1.90. The Balaban J connectivity index is 2.07. The molecule has 0 heteroatoms. The van der Waals surface area contributed by atoms with Gasteiger partial charge >= 0.3 is 0 Å². The van der Waals surface area contributed by atoms with E-state index >= 15 is 0 Å². The zero-order valence-corrected chi connectivity index (χ0v) is 11.7. The molecule has 0 radical (unpaired) electrons. The van der Waals surface area contributed by atoms with E-state index in [4.69, 9.17) is 0 Å². The van der Waals surface area contributed by atoms with Crippen molar-refractivity contribution in [3.8, 4) is 0 Å². The molecule has 0 aliphatic heterocycles. The number of hydrogen-bond donors (Lipinski definition) is 0. The molecule has 0 aromatic heterocycles. The lowest BCUT2D eigenvalue weighted by Gasteiger charge is -2.09. The maximum atomic E-state index is 2.32. The zero-order valence-electron chi connectivity index (χ0n) is 11.7. The van der Waals surface area contributed by atoms with Crippen LogP contribution in [0.5, 0.6) is 0 Å². The Morgan fingerprint density at radius 1 is 0.778 bits per heavy atom. The van der Waals surface area contributed by atoms with Gasteiger partial charge in [-0.15, -0.1) is 0 Å². The van der Waals surface area contributed by atoms with Crippen LogP contribution in [0.15, 0.2) is 36.4 Å². The van der Waals surface area contributed by atoms with Crippen molar-refractivity contribution >= 4 is 10.8 Å². The van der Waals surface area contributed by atoms with Crippen LogP contribution < -0.4 is 0 Å². The quantitative estimate of drug-likeness (QED) is 0.571. The Morgan fingerprint density at radius 2 is 1.50 bits per heavy atom. The van der Waals surface area contributed by atoms with Gasteiger partial charge < -0.3 is 0 Å². The van der Waals surface area contributed by atoms with Crippen molar-refractivity contribution < 1.29 is 0 Å². The average molecular weight is 240 g/mol. The van der Waals surface area contributed by atoms with Gasteiger partial charge in [-0.1, -0.05) is 69.0 Å². The van der Waals surface area contributed by atoms with Crippen LogP contribution in [0.3, 0.4) is 0 Å². The van der Waals surface area contributed by atoms with E-state index in [0.717, 1.165) is 0 Å². The summed E-state index contributed by atoms with van der Waals surface area (Å²) >= 11 is 0. The molecule has 0 saturated carbocycles. The number of fused-ring (bicyclic) bond motifs is 1. The number of unbranched alkanes of at least 4 members (excludes halogenated alkanes) is 4. The summed E-state index contributed by atoms with van der Waals surface area (Å²) in [5, 5.41) is 2.87. The second-order valence-electron chi connectivity index (χ2n) is 5.25. The van der Waals surface area contributed by atoms with E-state index in [9.17, 15) is 0 Å². The molecule has 0 heterocycles. The molecular formula is C18H24. The molecule has 18 heavy (non-hydrogen) atoms. The average Bonchev–Trinajstić information content (AvgIpc) is 2.41. The minimum atomic E-state index is 1.23. The molecule has 2 aromatic carbocycles. The van der Waals surface area contributed by atoms with Gasteiger partial charge in [-0.2, -0.15) is 0 Å². The monoisotopic (exact) mass is 240 g/mol. The van der Waals surface area contributed by atoms with Crippen molar-refractivity contribution in [3.05, 3.63) is 47.5 Å². The largest absolute Gasteiger partial charge is 0.0654 e. The second kappa shape index (κ2) is 6.58. The van der Waals surface area contributed by atoms with Crippen LogP contribution in [0.2, 0.25) is 0 Å². The molecule has 0 N–H and O–H groups in total. The lowest BCUT2D eigenvalue weighted by atomic mass is 9.96. The third-order valence-electron chi connectivity index (χ3n) is 3.78. The fraction of sp³-hybridized carbons (Fsp3) is 0.444. The Bertz CT molecular complexity index is 496. The van der Waals surface area contributed by atoms with Crippen LogP contribution in [-0.4, -0.2) is 0 Å². The number of aryl methyl sites for hydroxylation is 2. The first-order valence-electron chi connectivity index (χ1n) is 7.30. The van der Waals surface area contributed by atoms with E-state index in [1.54, 1.807) is 0 Å². The molecule has 0 amide bonds. The summed E-state index contributed by atoms with van der Waals surface area (Å²) in [4.78, 5) is 0. The van der Waals surface area contributed by atoms with Gasteiger partial charge in [-0.3, -0.25) is 0 Å². The fourth-order valence-electron chi connectivity index (χ4n) is 2.65. The molecule has 0 nitrogen and oxygen atoms in total. The second-order valence-corrected chi connectivity index (χ2v) is 5.25. The van der Waals surface area contributed by atoms with Crippen molar-refractivity contribution in [1.29, 1.82) is 0 Å². The summed E-state index contributed by atoms with van der Waals surface area (Å²) in [7, 11) is 0. The number of rotatable bonds is 6. The van der Waals surface area contributed by atoms with Crippen molar-refractivity contribution in [3.63, 3.8) is 0 Å². The van der Waals surface area contributed by atoms with E-state index in [-0.39, 0.29) is 0 Å². The van der Waals surface area contributed by atoms with Gasteiger partial charge in [0.2, 0.25) is 0 Å². The van der Waals surface area contributed by atoms with Gasteiger partial charge in [-0.05, 0) is 41.7 Å². The summed E-state index contributed by atoms with van der Waals surface area (Å²) in [6.07, 6.45) is 8.02. The van der Waals surface area contributed by atoms with Crippen LogP contribution in [0.25, 0.3) is 10.8 Å². The molecule has 0 saturated heterocycles. The van der Waals surface area contributed by atoms with Crippen molar-refractivity contribution in [2.24, 2.45) is 0 Å². The van der Waals surface area contributed by atoms with E-state index in [1.807, 2.05) is 0 Å². The predicted octanol–water partition coefficient (Wildman–Crippen LogP) is 5.66. The number of hydrogen-bond acceptors (Lipinski definition) is 0. The standard InChI is InChI=1S/C18H24/c1-3-4-5-6-7-10-16-14-13-15(2)17-11-8-9-12-18(16)17/h8-9,11-14H,3-7,10H2,1-2H3. The third kappa shape index (κ3) is 3.13. The van der Waals surface area contributed by atoms with E-state index in [2.05, 4.69) is 50.2 Å². The first kappa shape index (κ1) is 13.1. The van der Waals surface area contributed by atoms with Gasteiger partial charge in [0.15, 0.2) is 0 Å². The fourth-order valence-corrected chi connectivity index (χ4v) is 2.65. The molecule has 0 fully saturated rings. The normalized spacial score (nSPS) is 11.0. The summed E-state index contributed by atoms with van der Waals surface area (Å²) in [6.45, 7) is 4.47. The highest BCUT2D eigenvalue weighted by Gasteiger charge is 2.02. The molecule has 0 aliphatic rings. The highest BCUT2D eigenvalue weighted by Crippen LogP contribution is 2.23. The molecule has 0 atom stereocenters. The minimum absolute atomic E-state index is 1.23. The van der Waals surface area contributed by atoms with Crippen LogP contribution in [0.1, 0.15) is 50.2 Å². The lowest BCUT2D eigenvalue weighted by molar-refractivity contribution is 0.633. The van der Waals surface area contributed by atoms with Gasteiger partial charge in [0.05, 0.1) is 0 Å². The van der Waals surface area contributed by atoms with E-state index < -0.39 is 0 Å². The van der Waals surface area contributed by atoms with Gasteiger partial charge in [0.1, 0.15) is 0 Å². The van der Waals surface area contributed by atoms with Gasteiger partial charge in [-0.25, -0.2) is 0 Å². The van der Waals surface area contributed by atoms with E-state index in [0.29, 0.717) is 0 Å². The Morgan fingerprint density at radius 3 is 2.28 bits per heavy atom.